The molecular formula is C12H14ClFOS2. The monoisotopic (exact) mass is 292 g/mol. The van der Waals surface area contributed by atoms with Crippen LogP contribution in [0.5, 0.6) is 0 Å². The maximum Gasteiger partial charge on any atom is 0.127 e. The Hall–Kier alpha value is 0.1000. The predicted molar refractivity (Wildman–Crippen MR) is 74.7 cm³/mol. The van der Waals surface area contributed by atoms with Crippen LogP contribution in [0, 0.1) is 5.82 Å². The molecule has 17 heavy (non-hydrogen) atoms. The highest BCUT2D eigenvalue weighted by atomic mass is 35.5. The van der Waals surface area contributed by atoms with Gasteiger partial charge in [-0.1, -0.05) is 17.7 Å². The summed E-state index contributed by atoms with van der Waals surface area (Å²) in [4.78, 5) is 0. The first-order valence-electron chi connectivity index (χ1n) is 5.48. The summed E-state index contributed by atoms with van der Waals surface area (Å²) in [6, 6.07) is 4.61. The highest BCUT2D eigenvalue weighted by Gasteiger charge is 2.23. The molecule has 5 heteroatoms. The third-order valence-electron chi connectivity index (χ3n) is 2.72. The average molecular weight is 293 g/mol. The lowest BCUT2D eigenvalue weighted by molar-refractivity contribution is 0.176. The number of aliphatic hydroxyl groups excluding tert-OH is 1. The van der Waals surface area contributed by atoms with E-state index in [9.17, 15) is 9.50 Å². The zero-order chi connectivity index (χ0) is 12.3. The van der Waals surface area contributed by atoms with Crippen molar-refractivity contribution in [1.29, 1.82) is 0 Å². The molecule has 2 rings (SSSR count). The lowest BCUT2D eigenvalue weighted by atomic mass is 10.1. The first-order chi connectivity index (χ1) is 8.16. The molecule has 1 aromatic carbocycles. The fourth-order valence-electron chi connectivity index (χ4n) is 1.77. The summed E-state index contributed by atoms with van der Waals surface area (Å²) in [7, 11) is 0. The molecule has 1 saturated heterocycles. The Bertz CT molecular complexity index is 383. The standard InChI is InChI=1S/C12H14ClFOS2/c13-9-2-1-8(10(14)6-9)5-11(15)12-7-16-3-4-17-12/h1-2,6,11-12,15H,3-5,7H2. The topological polar surface area (TPSA) is 20.2 Å². The van der Waals surface area contributed by atoms with Gasteiger partial charge in [0.1, 0.15) is 5.82 Å². The van der Waals surface area contributed by atoms with Crippen molar-refractivity contribution < 1.29 is 9.50 Å². The van der Waals surface area contributed by atoms with Crippen molar-refractivity contribution in [2.45, 2.75) is 17.8 Å². The van der Waals surface area contributed by atoms with E-state index in [0.29, 0.717) is 17.0 Å². The summed E-state index contributed by atoms with van der Waals surface area (Å²) in [5.74, 6) is 2.82. The summed E-state index contributed by atoms with van der Waals surface area (Å²) >= 11 is 9.33. The molecule has 0 aromatic heterocycles. The Morgan fingerprint density at radius 2 is 2.29 bits per heavy atom. The van der Waals surface area contributed by atoms with Crippen molar-refractivity contribution in [2.24, 2.45) is 0 Å². The molecule has 1 aromatic rings. The molecule has 0 saturated carbocycles. The van der Waals surface area contributed by atoms with E-state index in [4.69, 9.17) is 11.6 Å². The van der Waals surface area contributed by atoms with Gasteiger partial charge in [0.15, 0.2) is 0 Å². The molecule has 1 aliphatic heterocycles. The van der Waals surface area contributed by atoms with Gasteiger partial charge in [-0.25, -0.2) is 4.39 Å². The van der Waals surface area contributed by atoms with Gasteiger partial charge in [-0.2, -0.15) is 23.5 Å². The Morgan fingerprint density at radius 1 is 1.47 bits per heavy atom. The maximum atomic E-state index is 13.6. The van der Waals surface area contributed by atoms with E-state index in [1.807, 2.05) is 11.8 Å². The van der Waals surface area contributed by atoms with Crippen LogP contribution in [-0.4, -0.2) is 33.7 Å². The molecule has 94 valence electrons. The van der Waals surface area contributed by atoms with Gasteiger partial charge in [0.25, 0.3) is 0 Å². The second-order valence-corrected chi connectivity index (χ2v) is 6.92. The van der Waals surface area contributed by atoms with Crippen molar-refractivity contribution in [3.8, 4) is 0 Å². The molecule has 1 N–H and O–H groups in total. The molecule has 0 radical (unpaired) electrons. The summed E-state index contributed by atoms with van der Waals surface area (Å²) < 4.78 is 13.6. The molecule has 1 heterocycles. The minimum atomic E-state index is -0.483. The molecule has 1 nitrogen and oxygen atoms in total. The Kier molecular flexibility index (Phi) is 5.03. The van der Waals surface area contributed by atoms with Crippen molar-refractivity contribution >= 4 is 35.1 Å². The lowest BCUT2D eigenvalue weighted by Gasteiger charge is -2.25. The third kappa shape index (κ3) is 3.78. The van der Waals surface area contributed by atoms with Crippen molar-refractivity contribution in [3.63, 3.8) is 0 Å². The van der Waals surface area contributed by atoms with E-state index in [0.717, 1.165) is 17.3 Å². The van der Waals surface area contributed by atoms with Gasteiger partial charge < -0.3 is 5.11 Å². The fourth-order valence-corrected chi connectivity index (χ4v) is 4.70. The van der Waals surface area contributed by atoms with Gasteiger partial charge in [0, 0.05) is 34.0 Å². The molecular weight excluding hydrogens is 279 g/mol. The van der Waals surface area contributed by atoms with Crippen LogP contribution in [0.3, 0.4) is 0 Å². The lowest BCUT2D eigenvalue weighted by Crippen LogP contribution is -2.30. The summed E-state index contributed by atoms with van der Waals surface area (Å²) in [5, 5.41) is 10.7. The molecule has 0 spiro atoms. The smallest absolute Gasteiger partial charge is 0.127 e. The number of aliphatic hydroxyl groups is 1. The van der Waals surface area contributed by atoms with Gasteiger partial charge in [-0.05, 0) is 17.7 Å². The summed E-state index contributed by atoms with van der Waals surface area (Å²) in [6.07, 6.45) is -0.121. The first kappa shape index (κ1) is 13.5. The van der Waals surface area contributed by atoms with Gasteiger partial charge in [0.05, 0.1) is 6.10 Å². The van der Waals surface area contributed by atoms with Gasteiger partial charge >= 0.3 is 0 Å². The molecule has 1 fully saturated rings. The Morgan fingerprint density at radius 3 is 2.94 bits per heavy atom. The molecule has 0 aliphatic carbocycles. The summed E-state index contributed by atoms with van der Waals surface area (Å²) in [6.45, 7) is 0. The Labute approximate surface area is 114 Å². The van der Waals surface area contributed by atoms with Crippen molar-refractivity contribution in [2.75, 3.05) is 17.3 Å². The molecule has 2 unspecified atom stereocenters. The van der Waals surface area contributed by atoms with E-state index in [2.05, 4.69) is 0 Å². The van der Waals surface area contributed by atoms with Crippen LogP contribution in [0.4, 0.5) is 4.39 Å². The highest BCUT2D eigenvalue weighted by molar-refractivity contribution is 8.06. The SMILES string of the molecule is OC(Cc1ccc(Cl)cc1F)C1CSCCS1. The fraction of sp³-hybridized carbons (Fsp3) is 0.500. The van der Waals surface area contributed by atoms with Crippen LogP contribution >= 0.6 is 35.1 Å². The zero-order valence-electron chi connectivity index (χ0n) is 9.23. The van der Waals surface area contributed by atoms with Crippen LogP contribution in [0.25, 0.3) is 0 Å². The number of hydrogen-bond donors (Lipinski definition) is 1. The largest absolute Gasteiger partial charge is 0.392 e. The van der Waals surface area contributed by atoms with Crippen LogP contribution < -0.4 is 0 Å². The van der Waals surface area contributed by atoms with E-state index < -0.39 is 6.10 Å². The molecule has 2 atom stereocenters. The van der Waals surface area contributed by atoms with E-state index in [-0.39, 0.29) is 11.1 Å². The normalized spacial score (nSPS) is 22.4. The first-order valence-corrected chi connectivity index (χ1v) is 8.06. The molecule has 0 amide bonds. The van der Waals surface area contributed by atoms with Gasteiger partial charge in [-0.15, -0.1) is 0 Å². The number of halogens is 2. The van der Waals surface area contributed by atoms with Crippen LogP contribution in [-0.2, 0) is 6.42 Å². The second kappa shape index (κ2) is 6.32. The van der Waals surface area contributed by atoms with Gasteiger partial charge in [-0.3, -0.25) is 0 Å². The third-order valence-corrected chi connectivity index (χ3v) is 5.86. The number of hydrogen-bond acceptors (Lipinski definition) is 3. The average Bonchev–Trinajstić information content (AvgIpc) is 2.34. The van der Waals surface area contributed by atoms with Gasteiger partial charge in [0.2, 0.25) is 0 Å². The maximum absolute atomic E-state index is 13.6. The number of rotatable bonds is 3. The van der Waals surface area contributed by atoms with E-state index in [1.165, 1.54) is 6.07 Å². The quantitative estimate of drug-likeness (QED) is 0.924. The zero-order valence-corrected chi connectivity index (χ0v) is 11.6. The Balaban J connectivity index is 1.99. The second-order valence-electron chi connectivity index (χ2n) is 3.99. The number of benzene rings is 1. The minimum Gasteiger partial charge on any atom is -0.392 e. The molecule has 0 bridgehead atoms. The van der Waals surface area contributed by atoms with Crippen LogP contribution in [0.15, 0.2) is 18.2 Å². The predicted octanol–water partition coefficient (Wildman–Crippen LogP) is 3.23. The number of thioether (sulfide) groups is 2. The van der Waals surface area contributed by atoms with Crippen molar-refractivity contribution in [1.82, 2.24) is 0 Å². The van der Waals surface area contributed by atoms with E-state index in [1.54, 1.807) is 23.9 Å². The minimum absolute atomic E-state index is 0.212. The van der Waals surface area contributed by atoms with Crippen LogP contribution in [0.2, 0.25) is 5.02 Å². The van der Waals surface area contributed by atoms with Crippen molar-refractivity contribution in [3.05, 3.63) is 34.6 Å². The highest BCUT2D eigenvalue weighted by Crippen LogP contribution is 2.28. The molecule has 1 aliphatic rings. The van der Waals surface area contributed by atoms with E-state index >= 15 is 0 Å². The summed E-state index contributed by atoms with van der Waals surface area (Å²) in [5.41, 5.74) is 0.540. The van der Waals surface area contributed by atoms with Crippen LogP contribution in [0.1, 0.15) is 5.56 Å².